The number of hydrogen-bond acceptors (Lipinski definition) is 6. The summed E-state index contributed by atoms with van der Waals surface area (Å²) in [4.78, 5) is 17.0. The van der Waals surface area contributed by atoms with Gasteiger partial charge in [-0.2, -0.15) is 9.40 Å². The van der Waals surface area contributed by atoms with E-state index in [1.54, 1.807) is 17.1 Å². The molecule has 1 aliphatic rings. The van der Waals surface area contributed by atoms with Gasteiger partial charge in [0.15, 0.2) is 0 Å². The van der Waals surface area contributed by atoms with Gasteiger partial charge in [-0.15, -0.1) is 0 Å². The Morgan fingerprint density at radius 3 is 2.59 bits per heavy atom. The summed E-state index contributed by atoms with van der Waals surface area (Å²) in [7, 11) is -2.37. The molecule has 180 valence electrons. The molecule has 10 heteroatoms. The molecular weight excluding hydrogens is 454 g/mol. The lowest BCUT2D eigenvalue weighted by atomic mass is 10.1. The molecule has 1 N–H and O–H groups in total. The number of carbonyl (C=O) groups is 1. The molecule has 4 rings (SSSR count). The molecular formula is C24H29N5O4S. The molecule has 0 radical (unpaired) electrons. The van der Waals surface area contributed by atoms with Crippen molar-refractivity contribution in [1.29, 1.82) is 0 Å². The van der Waals surface area contributed by atoms with Crippen LogP contribution in [0, 0.1) is 0 Å². The summed E-state index contributed by atoms with van der Waals surface area (Å²) in [6, 6.07) is 11.7. The minimum atomic E-state index is -3.80. The van der Waals surface area contributed by atoms with E-state index in [9.17, 15) is 13.2 Å². The monoisotopic (exact) mass is 483 g/mol. The van der Waals surface area contributed by atoms with Crippen LogP contribution in [0.4, 0.5) is 0 Å². The Hall–Kier alpha value is -3.24. The Morgan fingerprint density at radius 1 is 1.18 bits per heavy atom. The highest BCUT2D eigenvalue weighted by Gasteiger charge is 2.33. The third-order valence-electron chi connectivity index (χ3n) is 6.18. The van der Waals surface area contributed by atoms with Crippen molar-refractivity contribution >= 4 is 15.9 Å². The van der Waals surface area contributed by atoms with Crippen molar-refractivity contribution in [2.24, 2.45) is 0 Å². The fourth-order valence-corrected chi connectivity index (χ4v) is 6.08. The van der Waals surface area contributed by atoms with Gasteiger partial charge in [0.05, 0.1) is 18.8 Å². The molecule has 0 unspecified atom stereocenters. The van der Waals surface area contributed by atoms with E-state index >= 15 is 0 Å². The fraction of sp³-hybridized carbons (Fsp3) is 0.375. The van der Waals surface area contributed by atoms with Crippen molar-refractivity contribution in [3.63, 3.8) is 0 Å². The van der Waals surface area contributed by atoms with Crippen LogP contribution in [-0.4, -0.2) is 53.1 Å². The topological polar surface area (TPSA) is 106 Å². The van der Waals surface area contributed by atoms with E-state index in [2.05, 4.69) is 15.4 Å². The van der Waals surface area contributed by atoms with Crippen molar-refractivity contribution in [1.82, 2.24) is 24.4 Å². The number of ether oxygens (including phenoxy) is 1. The number of sulfonamides is 1. The SMILES string of the molecule is COc1ccc(C(=O)N[C@H](C)c2ccc(-n3cncn3)cc2)cc1S(=O)(=O)N1CCCC[C@H]1C. The molecule has 2 atom stereocenters. The standard InChI is InChI=1S/C24H29N5O4S/c1-17-6-4-5-13-29(17)34(31,32)23-14-20(9-12-22(23)33-3)24(30)27-18(2)19-7-10-21(11-8-19)28-16-25-15-26-28/h7-12,14-18H,4-6,13H2,1-3H3,(H,27,30)/t17-,18-/m1/s1. The molecule has 1 saturated heterocycles. The third kappa shape index (κ3) is 4.83. The van der Waals surface area contributed by atoms with Crippen LogP contribution in [0.15, 0.2) is 60.0 Å². The molecule has 0 aliphatic carbocycles. The first-order chi connectivity index (χ1) is 16.3. The van der Waals surface area contributed by atoms with Gasteiger partial charge >= 0.3 is 0 Å². The number of nitrogens with zero attached hydrogens (tertiary/aromatic N) is 4. The second-order valence-corrected chi connectivity index (χ2v) is 10.3. The van der Waals surface area contributed by atoms with Crippen molar-refractivity contribution in [3.8, 4) is 11.4 Å². The normalized spacial score (nSPS) is 17.8. The second-order valence-electron chi connectivity index (χ2n) is 8.45. The molecule has 2 aromatic carbocycles. The minimum Gasteiger partial charge on any atom is -0.495 e. The summed E-state index contributed by atoms with van der Waals surface area (Å²) in [5.41, 5.74) is 2.02. The summed E-state index contributed by atoms with van der Waals surface area (Å²) >= 11 is 0. The van der Waals surface area contributed by atoms with E-state index in [-0.39, 0.29) is 34.2 Å². The van der Waals surface area contributed by atoms with Crippen molar-refractivity contribution in [3.05, 3.63) is 66.2 Å². The zero-order valence-electron chi connectivity index (χ0n) is 19.5. The molecule has 3 aromatic rings. The number of nitrogens with one attached hydrogen (secondary N) is 1. The number of aromatic nitrogens is 3. The quantitative estimate of drug-likeness (QED) is 0.553. The number of methoxy groups -OCH3 is 1. The first kappa shape index (κ1) is 23.9. The van der Waals surface area contributed by atoms with E-state index < -0.39 is 10.0 Å². The van der Waals surface area contributed by atoms with Gasteiger partial charge in [-0.05, 0) is 62.6 Å². The molecule has 0 spiro atoms. The average Bonchev–Trinajstić information content (AvgIpc) is 3.39. The number of benzene rings is 2. The van der Waals surface area contributed by atoms with Crippen molar-refractivity contribution in [2.75, 3.05) is 13.7 Å². The Labute approximate surface area is 199 Å². The zero-order chi connectivity index (χ0) is 24.3. The van der Waals surface area contributed by atoms with Crippen LogP contribution < -0.4 is 10.1 Å². The summed E-state index contributed by atoms with van der Waals surface area (Å²) in [5.74, 6) is -0.135. The molecule has 1 fully saturated rings. The van der Waals surface area contributed by atoms with Crippen LogP contribution in [0.3, 0.4) is 0 Å². The first-order valence-corrected chi connectivity index (χ1v) is 12.7. The molecule has 0 saturated carbocycles. The Morgan fingerprint density at radius 2 is 1.94 bits per heavy atom. The lowest BCUT2D eigenvalue weighted by molar-refractivity contribution is 0.0939. The van der Waals surface area contributed by atoms with Gasteiger partial charge < -0.3 is 10.1 Å². The fourth-order valence-electron chi connectivity index (χ4n) is 4.20. The molecule has 9 nitrogen and oxygen atoms in total. The smallest absolute Gasteiger partial charge is 0.251 e. The highest BCUT2D eigenvalue weighted by molar-refractivity contribution is 7.89. The van der Waals surface area contributed by atoms with E-state index in [1.807, 2.05) is 38.1 Å². The summed E-state index contributed by atoms with van der Waals surface area (Å²) in [6.07, 6.45) is 5.71. The van der Waals surface area contributed by atoms with Gasteiger partial charge in [0.2, 0.25) is 10.0 Å². The first-order valence-electron chi connectivity index (χ1n) is 11.3. The minimum absolute atomic E-state index is 0.0150. The second kappa shape index (κ2) is 9.94. The van der Waals surface area contributed by atoms with Gasteiger partial charge in [0.25, 0.3) is 5.91 Å². The van der Waals surface area contributed by atoms with Gasteiger partial charge in [0, 0.05) is 18.2 Å². The van der Waals surface area contributed by atoms with E-state index in [0.29, 0.717) is 6.54 Å². The molecule has 1 aromatic heterocycles. The maximum atomic E-state index is 13.4. The molecule has 0 bridgehead atoms. The van der Waals surface area contributed by atoms with Crippen LogP contribution in [0.1, 0.15) is 55.1 Å². The Bertz CT molecular complexity index is 1240. The average molecular weight is 484 g/mol. The molecule has 34 heavy (non-hydrogen) atoms. The van der Waals surface area contributed by atoms with Crippen LogP contribution in [-0.2, 0) is 10.0 Å². The Kier molecular flexibility index (Phi) is 6.99. The summed E-state index contributed by atoms with van der Waals surface area (Å²) < 4.78 is 35.3. The largest absolute Gasteiger partial charge is 0.495 e. The molecule has 2 heterocycles. The van der Waals surface area contributed by atoms with Crippen molar-refractivity contribution < 1.29 is 17.9 Å². The Balaban J connectivity index is 1.54. The van der Waals surface area contributed by atoms with Crippen LogP contribution in [0.25, 0.3) is 5.69 Å². The van der Waals surface area contributed by atoms with E-state index in [4.69, 9.17) is 4.74 Å². The highest BCUT2D eigenvalue weighted by atomic mass is 32.2. The number of amides is 1. The molecule has 1 amide bonds. The maximum absolute atomic E-state index is 13.4. The lowest BCUT2D eigenvalue weighted by Gasteiger charge is -2.32. The third-order valence-corrected chi connectivity index (χ3v) is 8.21. The number of piperidine rings is 1. The summed E-state index contributed by atoms with van der Waals surface area (Å²) in [6.45, 7) is 4.25. The predicted molar refractivity (Wildman–Crippen MR) is 127 cm³/mol. The van der Waals surface area contributed by atoms with Crippen LogP contribution in [0.2, 0.25) is 0 Å². The van der Waals surface area contributed by atoms with Gasteiger partial charge in [0.1, 0.15) is 23.3 Å². The number of rotatable bonds is 7. The molecule has 1 aliphatic heterocycles. The number of hydrogen-bond donors (Lipinski definition) is 1. The van der Waals surface area contributed by atoms with Gasteiger partial charge in [-0.3, -0.25) is 4.79 Å². The number of carbonyl (C=O) groups excluding carboxylic acids is 1. The lowest BCUT2D eigenvalue weighted by Crippen LogP contribution is -2.42. The van der Waals surface area contributed by atoms with Crippen LogP contribution in [0.5, 0.6) is 5.75 Å². The zero-order valence-corrected chi connectivity index (χ0v) is 20.3. The van der Waals surface area contributed by atoms with Crippen molar-refractivity contribution in [2.45, 2.75) is 50.1 Å². The van der Waals surface area contributed by atoms with Gasteiger partial charge in [-0.1, -0.05) is 18.6 Å². The van der Waals surface area contributed by atoms with E-state index in [1.165, 1.54) is 29.9 Å². The summed E-state index contributed by atoms with van der Waals surface area (Å²) in [5, 5.41) is 7.05. The van der Waals surface area contributed by atoms with Gasteiger partial charge in [-0.25, -0.2) is 18.1 Å². The van der Waals surface area contributed by atoms with E-state index in [0.717, 1.165) is 30.5 Å². The highest BCUT2D eigenvalue weighted by Crippen LogP contribution is 2.32. The predicted octanol–water partition coefficient (Wildman–Crippen LogP) is 3.33. The maximum Gasteiger partial charge on any atom is 0.251 e. The van der Waals surface area contributed by atoms with Crippen LogP contribution >= 0.6 is 0 Å².